The van der Waals surface area contributed by atoms with Crippen LogP contribution >= 0.6 is 0 Å². The van der Waals surface area contributed by atoms with Crippen LogP contribution in [0.3, 0.4) is 0 Å². The molecule has 0 aromatic heterocycles. The van der Waals surface area contributed by atoms with Gasteiger partial charge in [0.1, 0.15) is 0 Å². The van der Waals surface area contributed by atoms with Crippen molar-refractivity contribution in [1.29, 1.82) is 10.8 Å². The van der Waals surface area contributed by atoms with Crippen molar-refractivity contribution in [2.24, 2.45) is 11.7 Å². The van der Waals surface area contributed by atoms with Crippen LogP contribution in [0.15, 0.2) is 0 Å². The predicted molar refractivity (Wildman–Crippen MR) is 33.1 cm³/mol. The minimum Gasteiger partial charge on any atom is -0.485 e. The average molecular weight is 113 g/mol. The highest BCUT2D eigenvalue weighted by Crippen LogP contribution is 1.94. The largest absolute Gasteiger partial charge is 0.485 e. The van der Waals surface area contributed by atoms with Gasteiger partial charge in [0.05, 0.1) is 5.84 Å². The molecule has 1 atom stereocenters. The molecule has 46 valence electrons. The molecule has 0 rings (SSSR count). The van der Waals surface area contributed by atoms with Crippen molar-refractivity contribution in [1.82, 2.24) is 0 Å². The van der Waals surface area contributed by atoms with E-state index in [1.165, 1.54) is 0 Å². The summed E-state index contributed by atoms with van der Waals surface area (Å²) in [7, 11) is 0. The number of rotatable bonds is 2. The van der Waals surface area contributed by atoms with Gasteiger partial charge in [-0.2, -0.15) is 0 Å². The summed E-state index contributed by atoms with van der Waals surface area (Å²) >= 11 is 0. The van der Waals surface area contributed by atoms with Gasteiger partial charge in [0.2, 0.25) is 0 Å². The molecule has 0 aromatic carbocycles. The fourth-order valence-electron chi connectivity index (χ4n) is 0.156. The highest BCUT2D eigenvalue weighted by atomic mass is 14.8. The molecular formula is C4H9N4-. The van der Waals surface area contributed by atoms with Crippen LogP contribution in [0.1, 0.15) is 6.92 Å². The van der Waals surface area contributed by atoms with E-state index < -0.39 is 5.92 Å². The van der Waals surface area contributed by atoms with Crippen LogP contribution in [0.2, 0.25) is 0 Å². The minimum absolute atomic E-state index is 0.120. The summed E-state index contributed by atoms with van der Waals surface area (Å²) in [6, 6.07) is 0. The lowest BCUT2D eigenvalue weighted by molar-refractivity contribution is 1.02. The van der Waals surface area contributed by atoms with Gasteiger partial charge in [0.15, 0.2) is 0 Å². The molecule has 0 aliphatic rings. The van der Waals surface area contributed by atoms with E-state index in [-0.39, 0.29) is 11.7 Å². The first-order chi connectivity index (χ1) is 3.55. The second-order valence-electron chi connectivity index (χ2n) is 1.59. The molecule has 0 fully saturated rings. The summed E-state index contributed by atoms with van der Waals surface area (Å²) < 4.78 is 0. The Balaban J connectivity index is 3.83. The Bertz CT molecular complexity index is 103. The van der Waals surface area contributed by atoms with Crippen LogP contribution in [-0.2, 0) is 0 Å². The van der Waals surface area contributed by atoms with Crippen molar-refractivity contribution in [3.8, 4) is 0 Å². The molecule has 0 saturated heterocycles. The Morgan fingerprint density at radius 2 is 2.00 bits per heavy atom. The van der Waals surface area contributed by atoms with E-state index in [0.717, 1.165) is 0 Å². The van der Waals surface area contributed by atoms with Crippen LogP contribution in [0.4, 0.5) is 0 Å². The fourth-order valence-corrected chi connectivity index (χ4v) is 0.156. The lowest BCUT2D eigenvalue weighted by Gasteiger charge is -2.11. The molecule has 0 heterocycles. The summed E-state index contributed by atoms with van der Waals surface area (Å²) in [4.78, 5) is 0. The number of amidine groups is 2. The molecule has 0 saturated carbocycles. The number of hydrogen-bond acceptors (Lipinski definition) is 2. The summed E-state index contributed by atoms with van der Waals surface area (Å²) in [5, 5.41) is 13.4. The minimum atomic E-state index is -0.519. The van der Waals surface area contributed by atoms with Crippen LogP contribution in [-0.4, -0.2) is 11.7 Å². The number of nitrogens with one attached hydrogen (secondary N) is 3. The molecule has 4 heteroatoms. The van der Waals surface area contributed by atoms with Crippen LogP contribution in [0, 0.1) is 16.7 Å². The van der Waals surface area contributed by atoms with Gasteiger partial charge in [-0.25, -0.2) is 0 Å². The van der Waals surface area contributed by atoms with Gasteiger partial charge in [-0.05, 0) is 0 Å². The Kier molecular flexibility index (Phi) is 1.99. The monoisotopic (exact) mass is 113 g/mol. The highest BCUT2D eigenvalue weighted by Gasteiger charge is 2.00. The third kappa shape index (κ3) is 1.59. The topological polar surface area (TPSA) is 97.5 Å². The zero-order valence-electron chi connectivity index (χ0n) is 4.65. The molecule has 0 aliphatic heterocycles. The van der Waals surface area contributed by atoms with E-state index in [1.54, 1.807) is 6.92 Å². The molecule has 0 radical (unpaired) electrons. The first-order valence-electron chi connectivity index (χ1n) is 2.19. The van der Waals surface area contributed by atoms with Crippen LogP contribution in [0.25, 0.3) is 5.73 Å². The maximum absolute atomic E-state index is 6.75. The van der Waals surface area contributed by atoms with E-state index >= 15 is 0 Å². The molecule has 0 spiro atoms. The van der Waals surface area contributed by atoms with Crippen molar-refractivity contribution in [2.45, 2.75) is 6.92 Å². The molecule has 0 amide bonds. The van der Waals surface area contributed by atoms with Gasteiger partial charge in [-0.1, -0.05) is 12.8 Å². The zero-order valence-corrected chi connectivity index (χ0v) is 4.65. The standard InChI is InChI=1S/C4H9N4/c1-2(3(5)6)4(7)8/h2H,1H3,(H5-,5,6,7,8)/q-1. The Morgan fingerprint density at radius 3 is 2.00 bits per heavy atom. The van der Waals surface area contributed by atoms with Crippen molar-refractivity contribution in [3.63, 3.8) is 0 Å². The van der Waals surface area contributed by atoms with Gasteiger partial charge in [0, 0.05) is 5.92 Å². The Hall–Kier alpha value is -1.06. The zero-order chi connectivity index (χ0) is 6.73. The predicted octanol–water partition coefficient (Wildman–Crippen LogP) is 0.588. The molecule has 1 unspecified atom stereocenters. The second kappa shape index (κ2) is 2.30. The summed E-state index contributed by atoms with van der Waals surface area (Å²) in [5.41, 5.74) is 11.6. The maximum Gasteiger partial charge on any atom is 0.0971 e. The third-order valence-electron chi connectivity index (χ3n) is 0.900. The SMILES string of the molecule is CC(C(=N)[NH-])C(=N)N. The summed E-state index contributed by atoms with van der Waals surface area (Å²) in [5.74, 6) is -0.947. The van der Waals surface area contributed by atoms with E-state index in [0.29, 0.717) is 0 Å². The fraction of sp³-hybridized carbons (Fsp3) is 0.500. The molecule has 0 aromatic rings. The maximum atomic E-state index is 6.75. The van der Waals surface area contributed by atoms with Gasteiger partial charge in [0.25, 0.3) is 0 Å². The first-order valence-corrected chi connectivity index (χ1v) is 2.19. The normalized spacial score (nSPS) is 12.6. The summed E-state index contributed by atoms with van der Waals surface area (Å²) in [6.45, 7) is 1.55. The molecular weight excluding hydrogens is 104 g/mol. The smallest absolute Gasteiger partial charge is 0.0971 e. The highest BCUT2D eigenvalue weighted by molar-refractivity contribution is 6.05. The summed E-state index contributed by atoms with van der Waals surface area (Å²) in [6.07, 6.45) is 0. The van der Waals surface area contributed by atoms with Crippen LogP contribution in [0.5, 0.6) is 0 Å². The van der Waals surface area contributed by atoms with Gasteiger partial charge in [-0.15, -0.1) is 0 Å². The van der Waals surface area contributed by atoms with E-state index in [2.05, 4.69) is 0 Å². The van der Waals surface area contributed by atoms with Crippen molar-refractivity contribution >= 4 is 11.7 Å². The lowest BCUT2D eigenvalue weighted by atomic mass is 10.1. The molecule has 0 bridgehead atoms. The number of nitrogens with two attached hydrogens (primary N) is 1. The average Bonchev–Trinajstić information content (AvgIpc) is 1.64. The van der Waals surface area contributed by atoms with Crippen molar-refractivity contribution in [3.05, 3.63) is 5.73 Å². The van der Waals surface area contributed by atoms with Crippen molar-refractivity contribution in [2.75, 3.05) is 0 Å². The third-order valence-corrected chi connectivity index (χ3v) is 0.900. The van der Waals surface area contributed by atoms with E-state index in [9.17, 15) is 0 Å². The van der Waals surface area contributed by atoms with Crippen LogP contribution < -0.4 is 5.73 Å². The van der Waals surface area contributed by atoms with E-state index in [4.69, 9.17) is 22.3 Å². The van der Waals surface area contributed by atoms with Crippen molar-refractivity contribution < 1.29 is 0 Å². The molecule has 5 N–H and O–H groups in total. The molecule has 4 nitrogen and oxygen atoms in total. The molecule has 0 aliphatic carbocycles. The first kappa shape index (κ1) is 6.94. The Morgan fingerprint density at radius 1 is 1.62 bits per heavy atom. The van der Waals surface area contributed by atoms with Gasteiger partial charge < -0.3 is 16.9 Å². The second-order valence-corrected chi connectivity index (χ2v) is 1.59. The lowest BCUT2D eigenvalue weighted by Crippen LogP contribution is -2.24. The van der Waals surface area contributed by atoms with Gasteiger partial charge in [-0.3, -0.25) is 5.41 Å². The quantitative estimate of drug-likeness (QED) is 0.354. The van der Waals surface area contributed by atoms with Gasteiger partial charge >= 0.3 is 0 Å². The number of hydrogen-bond donors (Lipinski definition) is 3. The molecule has 8 heavy (non-hydrogen) atoms. The Labute approximate surface area is 47.9 Å². The van der Waals surface area contributed by atoms with E-state index in [1.807, 2.05) is 0 Å².